The molecule has 0 spiro atoms. The maximum absolute atomic E-state index is 12.3. The first-order valence-corrected chi connectivity index (χ1v) is 9.19. The standard InChI is InChI=1S/C21H18N2O6/c24-17(14-5-8-18-16(10-14)22-19(25)12-28-18)11-29-21(27)13-3-6-15(7-4-13)23-9-1-2-20(23)26/h3-8,10H,1-2,9,11-12H2,(H,22,25). The Hall–Kier alpha value is -3.68. The van der Waals surface area contributed by atoms with Crippen molar-refractivity contribution >= 4 is 34.9 Å². The molecule has 0 bridgehead atoms. The minimum Gasteiger partial charge on any atom is -0.482 e. The number of anilines is 2. The molecule has 29 heavy (non-hydrogen) atoms. The van der Waals surface area contributed by atoms with E-state index in [-0.39, 0.29) is 18.4 Å². The van der Waals surface area contributed by atoms with Gasteiger partial charge in [0.15, 0.2) is 19.0 Å². The van der Waals surface area contributed by atoms with Crippen molar-refractivity contribution in [2.75, 3.05) is 30.0 Å². The number of hydrogen-bond donors (Lipinski definition) is 1. The molecule has 0 aliphatic carbocycles. The van der Waals surface area contributed by atoms with Gasteiger partial charge in [-0.25, -0.2) is 4.79 Å². The molecule has 0 radical (unpaired) electrons. The van der Waals surface area contributed by atoms with Crippen LogP contribution in [0.3, 0.4) is 0 Å². The molecule has 2 heterocycles. The Bertz CT molecular complexity index is 999. The van der Waals surface area contributed by atoms with E-state index in [2.05, 4.69) is 5.32 Å². The molecular weight excluding hydrogens is 376 g/mol. The van der Waals surface area contributed by atoms with Gasteiger partial charge in [-0.2, -0.15) is 0 Å². The Morgan fingerprint density at radius 1 is 1.07 bits per heavy atom. The van der Waals surface area contributed by atoms with Crippen molar-refractivity contribution < 1.29 is 28.7 Å². The van der Waals surface area contributed by atoms with Crippen molar-refractivity contribution in [1.82, 2.24) is 0 Å². The molecule has 2 aliphatic rings. The molecule has 8 heteroatoms. The van der Waals surface area contributed by atoms with Crippen LogP contribution in [-0.2, 0) is 14.3 Å². The minimum atomic E-state index is -0.632. The second-order valence-corrected chi connectivity index (χ2v) is 6.74. The lowest BCUT2D eigenvalue weighted by Gasteiger charge is -2.18. The van der Waals surface area contributed by atoms with E-state index in [1.807, 2.05) is 0 Å². The fraction of sp³-hybridized carbons (Fsp3) is 0.238. The van der Waals surface area contributed by atoms with Crippen LogP contribution in [0.15, 0.2) is 42.5 Å². The Balaban J connectivity index is 1.37. The Labute approximate surface area is 166 Å². The van der Waals surface area contributed by atoms with Crippen LogP contribution >= 0.6 is 0 Å². The summed E-state index contributed by atoms with van der Waals surface area (Å²) in [6.07, 6.45) is 1.35. The topological polar surface area (TPSA) is 102 Å². The van der Waals surface area contributed by atoms with E-state index in [0.717, 1.165) is 12.1 Å². The number of ketones is 1. The van der Waals surface area contributed by atoms with Gasteiger partial charge >= 0.3 is 5.97 Å². The van der Waals surface area contributed by atoms with Gasteiger partial charge in [-0.3, -0.25) is 14.4 Å². The molecule has 0 saturated carbocycles. The van der Waals surface area contributed by atoms with Gasteiger partial charge in [-0.15, -0.1) is 0 Å². The highest BCUT2D eigenvalue weighted by molar-refractivity contribution is 6.02. The molecule has 1 fully saturated rings. The van der Waals surface area contributed by atoms with Crippen molar-refractivity contribution in [2.45, 2.75) is 12.8 Å². The summed E-state index contributed by atoms with van der Waals surface area (Å²) in [6.45, 7) is 0.171. The molecule has 148 valence electrons. The molecule has 0 atom stereocenters. The summed E-state index contributed by atoms with van der Waals surface area (Å²) in [7, 11) is 0. The summed E-state index contributed by atoms with van der Waals surface area (Å²) in [5, 5.41) is 2.63. The number of esters is 1. The number of carbonyl (C=O) groups excluding carboxylic acids is 4. The van der Waals surface area contributed by atoms with E-state index in [0.29, 0.717) is 35.5 Å². The predicted octanol–water partition coefficient (Wildman–Crippen LogP) is 2.18. The third-order valence-electron chi connectivity index (χ3n) is 4.76. The Morgan fingerprint density at radius 2 is 1.83 bits per heavy atom. The number of rotatable bonds is 5. The van der Waals surface area contributed by atoms with Crippen LogP contribution in [-0.4, -0.2) is 43.3 Å². The Kier molecular flexibility index (Phi) is 4.99. The summed E-state index contributed by atoms with van der Waals surface area (Å²) in [5.41, 5.74) is 1.73. The monoisotopic (exact) mass is 394 g/mol. The Morgan fingerprint density at radius 3 is 2.55 bits per heavy atom. The molecule has 2 aliphatic heterocycles. The van der Waals surface area contributed by atoms with Gasteiger partial charge in [-0.1, -0.05) is 0 Å². The lowest BCUT2D eigenvalue weighted by Crippen LogP contribution is -2.25. The van der Waals surface area contributed by atoms with Crippen LogP contribution in [0.1, 0.15) is 33.6 Å². The highest BCUT2D eigenvalue weighted by Crippen LogP contribution is 2.28. The number of hydrogen-bond acceptors (Lipinski definition) is 6. The second-order valence-electron chi connectivity index (χ2n) is 6.74. The lowest BCUT2D eigenvalue weighted by molar-refractivity contribution is -0.119. The van der Waals surface area contributed by atoms with E-state index in [9.17, 15) is 19.2 Å². The van der Waals surface area contributed by atoms with Crippen molar-refractivity contribution in [3.63, 3.8) is 0 Å². The smallest absolute Gasteiger partial charge is 0.338 e. The number of fused-ring (bicyclic) bond motifs is 1. The molecular formula is C21H18N2O6. The van der Waals surface area contributed by atoms with Gasteiger partial charge < -0.3 is 19.7 Å². The zero-order valence-electron chi connectivity index (χ0n) is 15.5. The summed E-state index contributed by atoms with van der Waals surface area (Å²) < 4.78 is 10.4. The zero-order chi connectivity index (χ0) is 20.4. The molecule has 2 aromatic rings. The average Bonchev–Trinajstić information content (AvgIpc) is 3.17. The summed E-state index contributed by atoms with van der Waals surface area (Å²) in [6, 6.07) is 11.1. The van der Waals surface area contributed by atoms with Gasteiger partial charge in [-0.05, 0) is 48.9 Å². The SMILES string of the molecule is O=C1COc2ccc(C(=O)COC(=O)c3ccc(N4CCCC4=O)cc3)cc2N1. The van der Waals surface area contributed by atoms with Gasteiger partial charge in [0.05, 0.1) is 11.3 Å². The normalized spacial score (nSPS) is 15.4. The van der Waals surface area contributed by atoms with Crippen LogP contribution in [0.2, 0.25) is 0 Å². The quantitative estimate of drug-likeness (QED) is 0.616. The van der Waals surface area contributed by atoms with E-state index < -0.39 is 18.4 Å². The van der Waals surface area contributed by atoms with Crippen molar-refractivity contribution in [1.29, 1.82) is 0 Å². The van der Waals surface area contributed by atoms with Crippen LogP contribution in [0.4, 0.5) is 11.4 Å². The molecule has 2 amide bonds. The molecule has 1 N–H and O–H groups in total. The van der Waals surface area contributed by atoms with E-state index >= 15 is 0 Å². The van der Waals surface area contributed by atoms with Gasteiger partial charge in [0.25, 0.3) is 5.91 Å². The highest BCUT2D eigenvalue weighted by atomic mass is 16.5. The average molecular weight is 394 g/mol. The van der Waals surface area contributed by atoms with Crippen LogP contribution in [0, 0.1) is 0 Å². The first kappa shape index (κ1) is 18.7. The minimum absolute atomic E-state index is 0.0668. The fourth-order valence-corrected chi connectivity index (χ4v) is 3.25. The molecule has 0 aromatic heterocycles. The van der Waals surface area contributed by atoms with Gasteiger partial charge in [0, 0.05) is 24.2 Å². The number of carbonyl (C=O) groups is 4. The van der Waals surface area contributed by atoms with Crippen molar-refractivity contribution in [2.24, 2.45) is 0 Å². The van der Waals surface area contributed by atoms with E-state index in [1.54, 1.807) is 41.3 Å². The van der Waals surface area contributed by atoms with Crippen LogP contribution in [0.25, 0.3) is 0 Å². The number of nitrogens with one attached hydrogen (secondary N) is 1. The zero-order valence-corrected chi connectivity index (χ0v) is 15.5. The second kappa shape index (κ2) is 7.75. The third kappa shape index (κ3) is 3.96. The fourth-order valence-electron chi connectivity index (χ4n) is 3.25. The number of nitrogens with zero attached hydrogens (tertiary/aromatic N) is 1. The van der Waals surface area contributed by atoms with Gasteiger partial charge in [0.1, 0.15) is 5.75 Å². The maximum Gasteiger partial charge on any atom is 0.338 e. The first-order valence-electron chi connectivity index (χ1n) is 9.19. The molecule has 0 unspecified atom stereocenters. The number of benzene rings is 2. The maximum atomic E-state index is 12.3. The highest BCUT2D eigenvalue weighted by Gasteiger charge is 2.22. The lowest BCUT2D eigenvalue weighted by atomic mass is 10.1. The van der Waals surface area contributed by atoms with Crippen LogP contribution < -0.4 is 15.0 Å². The van der Waals surface area contributed by atoms with Crippen LogP contribution in [0.5, 0.6) is 5.75 Å². The number of Topliss-reactive ketones (excluding diaryl/α,β-unsaturated/α-hetero) is 1. The molecule has 2 aromatic carbocycles. The van der Waals surface area contributed by atoms with E-state index in [1.165, 1.54) is 6.07 Å². The number of amides is 2. The molecule has 4 rings (SSSR count). The van der Waals surface area contributed by atoms with Crippen molar-refractivity contribution in [3.05, 3.63) is 53.6 Å². The molecule has 8 nitrogen and oxygen atoms in total. The van der Waals surface area contributed by atoms with E-state index in [4.69, 9.17) is 9.47 Å². The third-order valence-corrected chi connectivity index (χ3v) is 4.76. The molecule has 1 saturated heterocycles. The predicted molar refractivity (Wildman–Crippen MR) is 103 cm³/mol. The first-order chi connectivity index (χ1) is 14.0. The summed E-state index contributed by atoms with van der Waals surface area (Å²) in [5.74, 6) is -0.785. The van der Waals surface area contributed by atoms with Crippen molar-refractivity contribution in [3.8, 4) is 5.75 Å². The summed E-state index contributed by atoms with van der Waals surface area (Å²) in [4.78, 5) is 49.4. The number of ether oxygens (including phenoxy) is 2. The summed E-state index contributed by atoms with van der Waals surface area (Å²) >= 11 is 0. The van der Waals surface area contributed by atoms with Gasteiger partial charge in [0.2, 0.25) is 5.91 Å². The largest absolute Gasteiger partial charge is 0.482 e.